The van der Waals surface area contributed by atoms with E-state index in [0.29, 0.717) is 17.0 Å². The van der Waals surface area contributed by atoms with Crippen LogP contribution in [0.3, 0.4) is 0 Å². The fraction of sp³-hybridized carbons (Fsp3) is 0.636. The van der Waals surface area contributed by atoms with Crippen molar-refractivity contribution in [1.29, 1.82) is 0 Å². The molecule has 4 nitrogen and oxygen atoms in total. The third kappa shape index (κ3) is 2.58. The molecule has 0 aliphatic carbocycles. The summed E-state index contributed by atoms with van der Waals surface area (Å²) in [6.07, 6.45) is -0.133. The zero-order valence-electron chi connectivity index (χ0n) is 9.83. The van der Waals surface area contributed by atoms with Gasteiger partial charge in [-0.25, -0.2) is 4.79 Å². The predicted molar refractivity (Wildman–Crippen MR) is 55.9 cm³/mol. The first-order valence-corrected chi connectivity index (χ1v) is 5.10. The monoisotopic (exact) mass is 211 g/mol. The number of aromatic nitrogens is 1. The minimum Gasteiger partial charge on any atom is -0.459 e. The number of esters is 1. The molecule has 0 saturated carbocycles. The van der Waals surface area contributed by atoms with E-state index in [1.54, 1.807) is 6.92 Å². The normalized spacial score (nSPS) is 11.1. The van der Waals surface area contributed by atoms with Crippen molar-refractivity contribution in [2.45, 2.75) is 46.6 Å². The highest BCUT2D eigenvalue weighted by Gasteiger charge is 2.24. The number of carbonyl (C=O) groups is 1. The number of ether oxygens (including phenoxy) is 1. The van der Waals surface area contributed by atoms with Crippen molar-refractivity contribution >= 4 is 5.97 Å². The van der Waals surface area contributed by atoms with Crippen molar-refractivity contribution in [3.05, 3.63) is 17.0 Å². The van der Waals surface area contributed by atoms with Gasteiger partial charge >= 0.3 is 5.97 Å². The third-order valence-electron chi connectivity index (χ3n) is 1.96. The lowest BCUT2D eigenvalue weighted by Gasteiger charge is -2.08. The van der Waals surface area contributed by atoms with Gasteiger partial charge in [0.25, 0.3) is 0 Å². The van der Waals surface area contributed by atoms with Crippen molar-refractivity contribution in [3.63, 3.8) is 0 Å². The van der Waals surface area contributed by atoms with E-state index in [1.807, 2.05) is 27.7 Å². The number of carbonyl (C=O) groups excluding carboxylic acids is 1. The lowest BCUT2D eigenvalue weighted by molar-refractivity contribution is 0.0374. The van der Waals surface area contributed by atoms with Crippen LogP contribution in [-0.4, -0.2) is 17.2 Å². The van der Waals surface area contributed by atoms with Gasteiger partial charge in [0.2, 0.25) is 0 Å². The molecule has 1 aromatic heterocycles. The molecule has 0 aliphatic rings. The zero-order valence-corrected chi connectivity index (χ0v) is 9.83. The Morgan fingerprint density at radius 2 is 1.93 bits per heavy atom. The Labute approximate surface area is 89.6 Å². The van der Waals surface area contributed by atoms with Crippen molar-refractivity contribution in [3.8, 4) is 0 Å². The number of hydrogen-bond acceptors (Lipinski definition) is 4. The topological polar surface area (TPSA) is 52.3 Å². The van der Waals surface area contributed by atoms with Crippen LogP contribution < -0.4 is 0 Å². The second-order valence-electron chi connectivity index (χ2n) is 4.12. The van der Waals surface area contributed by atoms with Crippen molar-refractivity contribution in [2.75, 3.05) is 0 Å². The first kappa shape index (κ1) is 11.8. The Kier molecular flexibility index (Phi) is 3.50. The molecule has 1 aromatic rings. The van der Waals surface area contributed by atoms with Crippen LogP contribution in [-0.2, 0) is 4.74 Å². The molecule has 1 rings (SSSR count). The molecule has 0 spiro atoms. The molecule has 84 valence electrons. The van der Waals surface area contributed by atoms with E-state index in [4.69, 9.17) is 9.26 Å². The largest absolute Gasteiger partial charge is 0.459 e. The van der Waals surface area contributed by atoms with Gasteiger partial charge in [0.1, 0.15) is 5.56 Å². The molecule has 15 heavy (non-hydrogen) atoms. The summed E-state index contributed by atoms with van der Waals surface area (Å²) in [6, 6.07) is 0. The fourth-order valence-corrected chi connectivity index (χ4v) is 1.30. The van der Waals surface area contributed by atoms with Crippen LogP contribution in [0.2, 0.25) is 0 Å². The van der Waals surface area contributed by atoms with Crippen molar-refractivity contribution < 1.29 is 14.1 Å². The van der Waals surface area contributed by atoms with E-state index in [1.165, 1.54) is 0 Å². The summed E-state index contributed by atoms with van der Waals surface area (Å²) in [7, 11) is 0. The van der Waals surface area contributed by atoms with Gasteiger partial charge in [0.15, 0.2) is 5.76 Å². The molecule has 0 radical (unpaired) electrons. The molecule has 0 amide bonds. The summed E-state index contributed by atoms with van der Waals surface area (Å²) in [4.78, 5) is 11.7. The van der Waals surface area contributed by atoms with Gasteiger partial charge in [-0.3, -0.25) is 0 Å². The second kappa shape index (κ2) is 4.47. The number of aryl methyl sites for hydroxylation is 1. The third-order valence-corrected chi connectivity index (χ3v) is 1.96. The maximum absolute atomic E-state index is 11.7. The highest BCUT2D eigenvalue weighted by molar-refractivity contribution is 5.91. The van der Waals surface area contributed by atoms with E-state index >= 15 is 0 Å². The first-order chi connectivity index (χ1) is 6.93. The van der Waals surface area contributed by atoms with E-state index < -0.39 is 0 Å². The Hall–Kier alpha value is -1.32. The van der Waals surface area contributed by atoms with Gasteiger partial charge in [-0.05, 0) is 20.8 Å². The van der Waals surface area contributed by atoms with Crippen LogP contribution in [0.5, 0.6) is 0 Å². The quantitative estimate of drug-likeness (QED) is 0.721. The Balaban J connectivity index is 3.01. The van der Waals surface area contributed by atoms with Gasteiger partial charge in [-0.15, -0.1) is 0 Å². The first-order valence-electron chi connectivity index (χ1n) is 5.10. The molecule has 0 N–H and O–H groups in total. The predicted octanol–water partition coefficient (Wildman–Crippen LogP) is 2.67. The molecule has 0 atom stereocenters. The molecule has 0 aromatic carbocycles. The maximum Gasteiger partial charge on any atom is 0.343 e. The summed E-state index contributed by atoms with van der Waals surface area (Å²) in [5, 5.41) is 3.79. The van der Waals surface area contributed by atoms with Crippen LogP contribution >= 0.6 is 0 Å². The summed E-state index contributed by atoms with van der Waals surface area (Å²) in [5.74, 6) is 0.367. The number of nitrogens with zero attached hydrogens (tertiary/aromatic N) is 1. The second-order valence-corrected chi connectivity index (χ2v) is 4.12. The van der Waals surface area contributed by atoms with Crippen LogP contribution in [0.4, 0.5) is 0 Å². The Morgan fingerprint density at radius 1 is 1.33 bits per heavy atom. The standard InChI is InChI=1S/C11H17NO3/c1-6(2)10-9(8(5)12-15-10)11(13)14-7(3)4/h6-7H,1-5H3. The van der Waals surface area contributed by atoms with E-state index in [2.05, 4.69) is 5.16 Å². The highest BCUT2D eigenvalue weighted by atomic mass is 16.5. The average molecular weight is 211 g/mol. The lowest BCUT2D eigenvalue weighted by atomic mass is 10.1. The molecule has 1 heterocycles. The number of hydrogen-bond donors (Lipinski definition) is 0. The van der Waals surface area contributed by atoms with Gasteiger partial charge in [0.05, 0.1) is 11.8 Å². The minimum absolute atomic E-state index is 0.126. The Morgan fingerprint density at radius 3 is 2.40 bits per heavy atom. The molecule has 0 bridgehead atoms. The summed E-state index contributed by atoms with van der Waals surface area (Å²) in [6.45, 7) is 9.27. The molecule has 4 heteroatoms. The minimum atomic E-state index is -0.354. The van der Waals surface area contributed by atoms with Gasteiger partial charge in [0, 0.05) is 5.92 Å². The Bertz CT molecular complexity index is 353. The maximum atomic E-state index is 11.7. The van der Waals surface area contributed by atoms with Crippen LogP contribution in [0.1, 0.15) is 55.4 Å². The highest BCUT2D eigenvalue weighted by Crippen LogP contribution is 2.23. The van der Waals surface area contributed by atoms with E-state index in [-0.39, 0.29) is 18.0 Å². The molecule has 0 unspecified atom stereocenters. The van der Waals surface area contributed by atoms with E-state index in [0.717, 1.165) is 0 Å². The number of rotatable bonds is 3. The van der Waals surface area contributed by atoms with Gasteiger partial charge < -0.3 is 9.26 Å². The zero-order chi connectivity index (χ0) is 11.6. The summed E-state index contributed by atoms with van der Waals surface area (Å²) < 4.78 is 10.2. The van der Waals surface area contributed by atoms with E-state index in [9.17, 15) is 4.79 Å². The summed E-state index contributed by atoms with van der Waals surface area (Å²) >= 11 is 0. The average Bonchev–Trinajstić information content (AvgIpc) is 2.45. The fourth-order valence-electron chi connectivity index (χ4n) is 1.30. The van der Waals surface area contributed by atoms with Crippen LogP contribution in [0.15, 0.2) is 4.52 Å². The molecular formula is C11H17NO3. The molecule has 0 aliphatic heterocycles. The van der Waals surface area contributed by atoms with Crippen molar-refractivity contribution in [2.24, 2.45) is 0 Å². The SMILES string of the molecule is Cc1noc(C(C)C)c1C(=O)OC(C)C. The molecule has 0 fully saturated rings. The molecular weight excluding hydrogens is 194 g/mol. The van der Waals surface area contributed by atoms with Gasteiger partial charge in [-0.2, -0.15) is 0 Å². The molecule has 0 saturated heterocycles. The van der Waals surface area contributed by atoms with Crippen LogP contribution in [0, 0.1) is 6.92 Å². The van der Waals surface area contributed by atoms with Gasteiger partial charge in [-0.1, -0.05) is 19.0 Å². The van der Waals surface area contributed by atoms with Crippen LogP contribution in [0.25, 0.3) is 0 Å². The summed E-state index contributed by atoms with van der Waals surface area (Å²) in [5.41, 5.74) is 1.06. The van der Waals surface area contributed by atoms with Crippen molar-refractivity contribution in [1.82, 2.24) is 5.16 Å². The smallest absolute Gasteiger partial charge is 0.343 e. The lowest BCUT2D eigenvalue weighted by Crippen LogP contribution is -2.14.